The Kier molecular flexibility index (Phi) is 3.08. The number of aromatic nitrogens is 1. The summed E-state index contributed by atoms with van der Waals surface area (Å²) in [5, 5.41) is 0. The van der Waals surface area contributed by atoms with E-state index in [1.54, 1.807) is 6.20 Å². The summed E-state index contributed by atoms with van der Waals surface area (Å²) in [6.45, 7) is 3.83. The molecule has 0 amide bonds. The van der Waals surface area contributed by atoms with Gasteiger partial charge in [-0.05, 0) is 26.7 Å². The average molecular weight is 221 g/mol. The summed E-state index contributed by atoms with van der Waals surface area (Å²) in [4.78, 5) is 14.9. The summed E-state index contributed by atoms with van der Waals surface area (Å²) >= 11 is 0. The molecule has 0 spiro atoms. The highest BCUT2D eigenvalue weighted by molar-refractivity contribution is 5.80. The standard InChI is InChI=1S/C12H15NO3/c1-8(2)15-12-9(7-14)5-13-6-11(12)16-10-3-4-10/h5-8,10H,3-4H2,1-2H3. The normalized spacial score (nSPS) is 14.9. The van der Waals surface area contributed by atoms with Gasteiger partial charge < -0.3 is 9.47 Å². The Morgan fingerprint density at radius 3 is 2.75 bits per heavy atom. The van der Waals surface area contributed by atoms with Gasteiger partial charge in [0.2, 0.25) is 0 Å². The third-order valence-electron chi connectivity index (χ3n) is 2.19. The van der Waals surface area contributed by atoms with Crippen molar-refractivity contribution in [1.82, 2.24) is 4.98 Å². The van der Waals surface area contributed by atoms with E-state index >= 15 is 0 Å². The van der Waals surface area contributed by atoms with E-state index in [-0.39, 0.29) is 12.2 Å². The van der Waals surface area contributed by atoms with Crippen molar-refractivity contribution in [3.05, 3.63) is 18.0 Å². The molecule has 1 aromatic heterocycles. The first-order chi connectivity index (χ1) is 7.70. The summed E-state index contributed by atoms with van der Waals surface area (Å²) in [7, 11) is 0. The van der Waals surface area contributed by atoms with Crippen molar-refractivity contribution in [3.8, 4) is 11.5 Å². The van der Waals surface area contributed by atoms with E-state index in [0.717, 1.165) is 19.1 Å². The van der Waals surface area contributed by atoms with Gasteiger partial charge in [0.1, 0.15) is 0 Å². The van der Waals surface area contributed by atoms with Gasteiger partial charge in [-0.15, -0.1) is 0 Å². The van der Waals surface area contributed by atoms with Gasteiger partial charge in [0.05, 0.1) is 24.0 Å². The minimum atomic E-state index is 0.00246. The van der Waals surface area contributed by atoms with Crippen molar-refractivity contribution in [2.45, 2.75) is 38.9 Å². The molecule has 86 valence electrons. The zero-order valence-corrected chi connectivity index (χ0v) is 9.47. The second-order valence-electron chi connectivity index (χ2n) is 4.16. The van der Waals surface area contributed by atoms with Crippen LogP contribution in [0.15, 0.2) is 12.4 Å². The molecule has 2 rings (SSSR count). The maximum Gasteiger partial charge on any atom is 0.180 e. The summed E-state index contributed by atoms with van der Waals surface area (Å²) < 4.78 is 11.3. The van der Waals surface area contributed by atoms with Gasteiger partial charge in [0.25, 0.3) is 0 Å². The molecule has 0 aromatic carbocycles. The third kappa shape index (κ3) is 2.51. The maximum atomic E-state index is 10.9. The highest BCUT2D eigenvalue weighted by Gasteiger charge is 2.26. The number of ether oxygens (including phenoxy) is 2. The Bertz CT molecular complexity index is 386. The first-order valence-corrected chi connectivity index (χ1v) is 5.47. The van der Waals surface area contributed by atoms with Gasteiger partial charge in [0, 0.05) is 6.20 Å². The lowest BCUT2D eigenvalue weighted by Gasteiger charge is -2.15. The highest BCUT2D eigenvalue weighted by Crippen LogP contribution is 2.35. The van der Waals surface area contributed by atoms with Crippen molar-refractivity contribution < 1.29 is 14.3 Å². The molecular weight excluding hydrogens is 206 g/mol. The number of nitrogens with zero attached hydrogens (tertiary/aromatic N) is 1. The first-order valence-electron chi connectivity index (χ1n) is 5.47. The number of aldehydes is 1. The van der Waals surface area contributed by atoms with Crippen LogP contribution in [-0.4, -0.2) is 23.5 Å². The van der Waals surface area contributed by atoms with Crippen LogP contribution in [0.25, 0.3) is 0 Å². The van der Waals surface area contributed by atoms with E-state index < -0.39 is 0 Å². The zero-order valence-electron chi connectivity index (χ0n) is 9.47. The molecule has 1 aliphatic carbocycles. The lowest BCUT2D eigenvalue weighted by atomic mass is 10.2. The predicted octanol–water partition coefficient (Wildman–Crippen LogP) is 2.22. The number of hydrogen-bond donors (Lipinski definition) is 0. The van der Waals surface area contributed by atoms with Crippen LogP contribution in [0.5, 0.6) is 11.5 Å². The highest BCUT2D eigenvalue weighted by atomic mass is 16.5. The van der Waals surface area contributed by atoms with Crippen molar-refractivity contribution in [1.29, 1.82) is 0 Å². The van der Waals surface area contributed by atoms with E-state index in [1.165, 1.54) is 6.20 Å². The van der Waals surface area contributed by atoms with Crippen LogP contribution in [0.4, 0.5) is 0 Å². The minimum absolute atomic E-state index is 0.00246. The molecule has 0 atom stereocenters. The predicted molar refractivity (Wildman–Crippen MR) is 59.0 cm³/mol. The molecule has 1 saturated carbocycles. The van der Waals surface area contributed by atoms with Crippen LogP contribution in [-0.2, 0) is 0 Å². The molecule has 1 aliphatic rings. The van der Waals surface area contributed by atoms with Crippen LogP contribution in [0.3, 0.4) is 0 Å². The summed E-state index contributed by atoms with van der Waals surface area (Å²) in [5.74, 6) is 1.08. The summed E-state index contributed by atoms with van der Waals surface area (Å²) in [5.41, 5.74) is 0.437. The SMILES string of the molecule is CC(C)Oc1c(C=O)cncc1OC1CC1. The van der Waals surface area contributed by atoms with E-state index in [9.17, 15) is 4.79 Å². The van der Waals surface area contributed by atoms with E-state index in [2.05, 4.69) is 4.98 Å². The molecule has 0 saturated heterocycles. The molecule has 4 heteroatoms. The molecule has 1 fully saturated rings. The fraction of sp³-hybridized carbons (Fsp3) is 0.500. The fourth-order valence-electron chi connectivity index (χ4n) is 1.34. The largest absolute Gasteiger partial charge is 0.486 e. The monoisotopic (exact) mass is 221 g/mol. The average Bonchev–Trinajstić information content (AvgIpc) is 3.04. The topological polar surface area (TPSA) is 48.4 Å². The molecule has 0 unspecified atom stereocenters. The van der Waals surface area contributed by atoms with Gasteiger partial charge in [0.15, 0.2) is 17.8 Å². The number of carbonyl (C=O) groups excluding carboxylic acids is 1. The van der Waals surface area contributed by atoms with Crippen molar-refractivity contribution in [2.75, 3.05) is 0 Å². The Morgan fingerprint density at radius 2 is 2.19 bits per heavy atom. The molecule has 0 radical (unpaired) electrons. The molecule has 0 aliphatic heterocycles. The van der Waals surface area contributed by atoms with Crippen molar-refractivity contribution in [2.24, 2.45) is 0 Å². The van der Waals surface area contributed by atoms with Crippen LogP contribution >= 0.6 is 0 Å². The zero-order chi connectivity index (χ0) is 11.5. The molecule has 16 heavy (non-hydrogen) atoms. The number of rotatable bonds is 5. The van der Waals surface area contributed by atoms with Gasteiger partial charge in [-0.1, -0.05) is 0 Å². The van der Waals surface area contributed by atoms with Crippen molar-refractivity contribution in [3.63, 3.8) is 0 Å². The molecule has 0 bridgehead atoms. The third-order valence-corrected chi connectivity index (χ3v) is 2.19. The lowest BCUT2D eigenvalue weighted by Crippen LogP contribution is -2.10. The molecule has 0 N–H and O–H groups in total. The first kappa shape index (κ1) is 10.9. The smallest absolute Gasteiger partial charge is 0.180 e. The molecule has 1 heterocycles. The van der Waals surface area contributed by atoms with Gasteiger partial charge >= 0.3 is 0 Å². The number of carbonyl (C=O) groups is 1. The van der Waals surface area contributed by atoms with Gasteiger partial charge in [-0.3, -0.25) is 9.78 Å². The molecule has 4 nitrogen and oxygen atoms in total. The number of pyridine rings is 1. The maximum absolute atomic E-state index is 10.9. The quantitative estimate of drug-likeness (QED) is 0.715. The lowest BCUT2D eigenvalue weighted by molar-refractivity contribution is 0.111. The van der Waals surface area contributed by atoms with E-state index in [4.69, 9.17) is 9.47 Å². The number of hydrogen-bond acceptors (Lipinski definition) is 4. The fourth-order valence-corrected chi connectivity index (χ4v) is 1.34. The van der Waals surface area contributed by atoms with Crippen LogP contribution in [0.2, 0.25) is 0 Å². The molecule has 1 aromatic rings. The van der Waals surface area contributed by atoms with E-state index in [1.807, 2.05) is 13.8 Å². The van der Waals surface area contributed by atoms with Crippen LogP contribution in [0.1, 0.15) is 37.0 Å². The second-order valence-corrected chi connectivity index (χ2v) is 4.16. The Balaban J connectivity index is 2.28. The van der Waals surface area contributed by atoms with Crippen LogP contribution < -0.4 is 9.47 Å². The summed E-state index contributed by atoms with van der Waals surface area (Å²) in [6, 6.07) is 0. The molecular formula is C12H15NO3. The minimum Gasteiger partial charge on any atom is -0.486 e. The van der Waals surface area contributed by atoms with Crippen molar-refractivity contribution >= 4 is 6.29 Å². The van der Waals surface area contributed by atoms with Crippen LogP contribution in [0, 0.1) is 0 Å². The summed E-state index contributed by atoms with van der Waals surface area (Å²) in [6.07, 6.45) is 6.22. The van der Waals surface area contributed by atoms with Gasteiger partial charge in [-0.2, -0.15) is 0 Å². The Morgan fingerprint density at radius 1 is 1.44 bits per heavy atom. The Labute approximate surface area is 94.6 Å². The van der Waals surface area contributed by atoms with Gasteiger partial charge in [-0.25, -0.2) is 0 Å². The van der Waals surface area contributed by atoms with E-state index in [0.29, 0.717) is 17.1 Å². The Hall–Kier alpha value is -1.58. The second kappa shape index (κ2) is 4.51.